The summed E-state index contributed by atoms with van der Waals surface area (Å²) in [5, 5.41) is 11.9. The second kappa shape index (κ2) is 5.96. The predicted molar refractivity (Wildman–Crippen MR) is 80.7 cm³/mol. The van der Waals surface area contributed by atoms with Crippen LogP contribution in [-0.4, -0.2) is 34.5 Å². The van der Waals surface area contributed by atoms with Gasteiger partial charge in [0.15, 0.2) is 0 Å². The molecule has 0 saturated carbocycles. The molecule has 2 N–H and O–H groups in total. The number of aliphatic carboxylic acids is 1. The van der Waals surface area contributed by atoms with Crippen molar-refractivity contribution in [2.24, 2.45) is 0 Å². The minimum Gasteiger partial charge on any atom is -0.481 e. The number of nitrogens with zero attached hydrogens (tertiary/aromatic N) is 1. The molecule has 7 heteroatoms. The highest BCUT2D eigenvalue weighted by Gasteiger charge is 2.48. The summed E-state index contributed by atoms with van der Waals surface area (Å²) in [7, 11) is 0. The summed E-state index contributed by atoms with van der Waals surface area (Å²) >= 11 is 5.99. The number of amides is 3. The van der Waals surface area contributed by atoms with Gasteiger partial charge in [-0.05, 0) is 37.5 Å². The summed E-state index contributed by atoms with van der Waals surface area (Å²) in [6.45, 7) is 3.54. The Bertz CT molecular complexity index is 646. The largest absolute Gasteiger partial charge is 0.481 e. The van der Waals surface area contributed by atoms with E-state index < -0.39 is 17.5 Å². The zero-order valence-corrected chi connectivity index (χ0v) is 13.1. The molecule has 1 heterocycles. The van der Waals surface area contributed by atoms with Crippen molar-refractivity contribution in [1.82, 2.24) is 10.2 Å². The zero-order valence-electron chi connectivity index (χ0n) is 12.4. The van der Waals surface area contributed by atoms with Gasteiger partial charge in [-0.1, -0.05) is 23.7 Å². The highest BCUT2D eigenvalue weighted by Crippen LogP contribution is 2.31. The van der Waals surface area contributed by atoms with Crippen molar-refractivity contribution in [2.75, 3.05) is 6.54 Å². The highest BCUT2D eigenvalue weighted by atomic mass is 35.5. The van der Waals surface area contributed by atoms with Gasteiger partial charge in [0.1, 0.15) is 5.54 Å². The first-order valence-corrected chi connectivity index (χ1v) is 7.26. The van der Waals surface area contributed by atoms with Crippen LogP contribution < -0.4 is 5.32 Å². The van der Waals surface area contributed by atoms with Crippen LogP contribution in [0.25, 0.3) is 0 Å². The lowest BCUT2D eigenvalue weighted by atomic mass is 9.91. The summed E-state index contributed by atoms with van der Waals surface area (Å²) < 4.78 is 0. The summed E-state index contributed by atoms with van der Waals surface area (Å²) in [6, 6.07) is 4.64. The maximum Gasteiger partial charge on any atom is 0.325 e. The number of carboxylic acids is 1. The molecule has 1 atom stereocenters. The first-order valence-electron chi connectivity index (χ1n) is 6.88. The smallest absolute Gasteiger partial charge is 0.325 e. The molecule has 1 unspecified atom stereocenters. The number of imide groups is 1. The fraction of sp³-hybridized carbons (Fsp3) is 0.400. The molecule has 0 aliphatic carbocycles. The van der Waals surface area contributed by atoms with Crippen molar-refractivity contribution >= 4 is 29.5 Å². The van der Waals surface area contributed by atoms with Crippen LogP contribution in [0.5, 0.6) is 0 Å². The number of halogens is 1. The van der Waals surface area contributed by atoms with Crippen molar-refractivity contribution < 1.29 is 19.5 Å². The molecule has 0 bridgehead atoms. The van der Waals surface area contributed by atoms with Crippen LogP contribution in [0.3, 0.4) is 0 Å². The molecular formula is C15H17ClN2O4. The van der Waals surface area contributed by atoms with Crippen LogP contribution in [0.1, 0.15) is 30.9 Å². The third kappa shape index (κ3) is 2.92. The standard InChI is InChI=1S/C15H17ClN2O4/c1-9-8-10(5-6-11(9)16)15(2)13(21)18(14(22)17-15)7-3-4-12(19)20/h5-6,8H,3-4,7H2,1-2H3,(H,17,22)(H,19,20). The van der Waals surface area contributed by atoms with Crippen LogP contribution in [0, 0.1) is 6.92 Å². The van der Waals surface area contributed by atoms with Crippen molar-refractivity contribution in [1.29, 1.82) is 0 Å². The van der Waals surface area contributed by atoms with Crippen LogP contribution in [0.15, 0.2) is 18.2 Å². The normalized spacial score (nSPS) is 21.1. The van der Waals surface area contributed by atoms with E-state index in [1.807, 2.05) is 6.92 Å². The Morgan fingerprint density at radius 1 is 1.41 bits per heavy atom. The van der Waals surface area contributed by atoms with E-state index in [1.165, 1.54) is 0 Å². The van der Waals surface area contributed by atoms with E-state index in [0.717, 1.165) is 10.5 Å². The van der Waals surface area contributed by atoms with Gasteiger partial charge in [0.2, 0.25) is 0 Å². The first kappa shape index (κ1) is 16.3. The fourth-order valence-corrected chi connectivity index (χ4v) is 2.56. The van der Waals surface area contributed by atoms with Gasteiger partial charge < -0.3 is 10.4 Å². The molecule has 22 heavy (non-hydrogen) atoms. The van der Waals surface area contributed by atoms with Crippen LogP contribution in [-0.2, 0) is 15.1 Å². The zero-order chi connectivity index (χ0) is 16.5. The number of aryl methyl sites for hydroxylation is 1. The highest BCUT2D eigenvalue weighted by molar-refractivity contribution is 6.31. The Labute approximate surface area is 133 Å². The Kier molecular flexibility index (Phi) is 4.42. The van der Waals surface area contributed by atoms with E-state index in [1.54, 1.807) is 25.1 Å². The molecule has 0 radical (unpaired) electrons. The Balaban J connectivity index is 2.21. The molecule has 0 aromatic heterocycles. The van der Waals surface area contributed by atoms with Crippen LogP contribution in [0.4, 0.5) is 4.79 Å². The molecular weight excluding hydrogens is 308 g/mol. The SMILES string of the molecule is Cc1cc(C2(C)NC(=O)N(CCCC(=O)O)C2=O)ccc1Cl. The number of urea groups is 1. The van der Waals surface area contributed by atoms with Gasteiger partial charge in [0, 0.05) is 18.0 Å². The lowest BCUT2D eigenvalue weighted by molar-refractivity contribution is -0.138. The molecule has 0 spiro atoms. The second-order valence-corrected chi connectivity index (χ2v) is 5.88. The minimum absolute atomic E-state index is 0.0825. The van der Waals surface area contributed by atoms with Crippen molar-refractivity contribution in [2.45, 2.75) is 32.2 Å². The van der Waals surface area contributed by atoms with Crippen molar-refractivity contribution in [3.05, 3.63) is 34.3 Å². The van der Waals surface area contributed by atoms with Gasteiger partial charge in [-0.15, -0.1) is 0 Å². The van der Waals surface area contributed by atoms with E-state index in [2.05, 4.69) is 5.32 Å². The molecule has 1 saturated heterocycles. The van der Waals surface area contributed by atoms with E-state index >= 15 is 0 Å². The third-order valence-corrected chi connectivity index (χ3v) is 4.21. The molecule has 1 fully saturated rings. The fourth-order valence-electron chi connectivity index (χ4n) is 2.44. The average Bonchev–Trinajstić information content (AvgIpc) is 2.65. The van der Waals surface area contributed by atoms with E-state index in [4.69, 9.17) is 16.7 Å². The number of carbonyl (C=O) groups is 3. The monoisotopic (exact) mass is 324 g/mol. The van der Waals surface area contributed by atoms with E-state index in [-0.39, 0.29) is 25.3 Å². The maximum absolute atomic E-state index is 12.6. The molecule has 1 aliphatic heterocycles. The number of benzene rings is 1. The lowest BCUT2D eigenvalue weighted by Gasteiger charge is -2.23. The molecule has 2 rings (SSSR count). The average molecular weight is 325 g/mol. The van der Waals surface area contributed by atoms with Gasteiger partial charge in [-0.3, -0.25) is 14.5 Å². The van der Waals surface area contributed by atoms with Crippen molar-refractivity contribution in [3.8, 4) is 0 Å². The van der Waals surface area contributed by atoms with E-state index in [9.17, 15) is 14.4 Å². The number of hydrogen-bond donors (Lipinski definition) is 2. The van der Waals surface area contributed by atoms with Gasteiger partial charge in [-0.2, -0.15) is 0 Å². The number of nitrogens with one attached hydrogen (secondary N) is 1. The maximum atomic E-state index is 12.6. The minimum atomic E-state index is -1.16. The third-order valence-electron chi connectivity index (χ3n) is 3.78. The van der Waals surface area contributed by atoms with Crippen molar-refractivity contribution in [3.63, 3.8) is 0 Å². The Hall–Kier alpha value is -2.08. The van der Waals surface area contributed by atoms with Gasteiger partial charge >= 0.3 is 12.0 Å². The van der Waals surface area contributed by atoms with Crippen LogP contribution >= 0.6 is 11.6 Å². The summed E-state index contributed by atoms with van der Waals surface area (Å²) in [5.74, 6) is -1.34. The number of carbonyl (C=O) groups excluding carboxylic acids is 2. The molecule has 1 aliphatic rings. The summed E-state index contributed by atoms with van der Waals surface area (Å²) in [4.78, 5) is 36.2. The quantitative estimate of drug-likeness (QED) is 0.813. The number of carboxylic acid groups (broad SMARTS) is 1. The first-order chi connectivity index (χ1) is 10.3. The Morgan fingerprint density at radius 3 is 2.68 bits per heavy atom. The summed E-state index contributed by atoms with van der Waals surface area (Å²) in [6.07, 6.45) is 0.137. The molecule has 3 amide bonds. The molecule has 1 aromatic rings. The van der Waals surface area contributed by atoms with Gasteiger partial charge in [-0.25, -0.2) is 4.79 Å². The van der Waals surface area contributed by atoms with Gasteiger partial charge in [0.05, 0.1) is 0 Å². The second-order valence-electron chi connectivity index (χ2n) is 5.47. The molecule has 6 nitrogen and oxygen atoms in total. The van der Waals surface area contributed by atoms with E-state index in [0.29, 0.717) is 10.6 Å². The molecule has 1 aromatic carbocycles. The number of rotatable bonds is 5. The lowest BCUT2D eigenvalue weighted by Crippen LogP contribution is -2.41. The number of hydrogen-bond acceptors (Lipinski definition) is 3. The predicted octanol–water partition coefficient (Wildman–Crippen LogP) is 2.28. The van der Waals surface area contributed by atoms with Gasteiger partial charge in [0.25, 0.3) is 5.91 Å². The van der Waals surface area contributed by atoms with Crippen LogP contribution in [0.2, 0.25) is 5.02 Å². The topological polar surface area (TPSA) is 86.7 Å². The Morgan fingerprint density at radius 2 is 2.09 bits per heavy atom. The molecule has 118 valence electrons. The summed E-state index contributed by atoms with van der Waals surface area (Å²) in [5.41, 5.74) is 0.301.